The number of hydrogen-bond acceptors (Lipinski definition) is 2. The van der Waals surface area contributed by atoms with Gasteiger partial charge in [-0.15, -0.1) is 0 Å². The van der Waals surface area contributed by atoms with Gasteiger partial charge in [0.25, 0.3) is 0 Å². The Morgan fingerprint density at radius 1 is 1.43 bits per heavy atom. The van der Waals surface area contributed by atoms with E-state index in [1.807, 2.05) is 13.8 Å². The molecule has 0 aliphatic carbocycles. The normalized spacial score (nSPS) is 12.0. The van der Waals surface area contributed by atoms with Crippen LogP contribution >= 0.6 is 12.2 Å². The highest BCUT2D eigenvalue weighted by molar-refractivity contribution is 7.80. The molecule has 0 saturated carbocycles. The van der Waals surface area contributed by atoms with Gasteiger partial charge in [-0.3, -0.25) is 0 Å². The lowest BCUT2D eigenvalue weighted by atomic mass is 10.2. The first-order chi connectivity index (χ1) is 6.40. The lowest BCUT2D eigenvalue weighted by molar-refractivity contribution is 0.173. The van der Waals surface area contributed by atoms with E-state index < -0.39 is 0 Å². The molecule has 0 rings (SSSR count). The first kappa shape index (κ1) is 13.2. The summed E-state index contributed by atoms with van der Waals surface area (Å²) >= 11 is 4.84. The van der Waals surface area contributed by atoms with Crippen molar-refractivity contribution >= 4 is 23.2 Å². The number of nitrogens with zero attached hydrogens (tertiary/aromatic N) is 2. The van der Waals surface area contributed by atoms with E-state index in [4.69, 9.17) is 18.0 Å². The fraction of sp³-hybridized carbons (Fsp3) is 0.778. The lowest BCUT2D eigenvalue weighted by Crippen LogP contribution is -2.42. The van der Waals surface area contributed by atoms with E-state index in [0.29, 0.717) is 18.1 Å². The van der Waals surface area contributed by atoms with Gasteiger partial charge < -0.3 is 15.5 Å². The van der Waals surface area contributed by atoms with E-state index in [9.17, 15) is 4.79 Å². The summed E-state index contributed by atoms with van der Waals surface area (Å²) in [5, 5.41) is 0. The molecule has 0 bridgehead atoms. The average Bonchev–Trinajstić information content (AvgIpc) is 2.14. The van der Waals surface area contributed by atoms with E-state index >= 15 is 0 Å². The highest BCUT2D eigenvalue weighted by Crippen LogP contribution is 2.01. The van der Waals surface area contributed by atoms with Gasteiger partial charge in [0, 0.05) is 33.1 Å². The van der Waals surface area contributed by atoms with Gasteiger partial charge in [0.1, 0.15) is 0 Å². The smallest absolute Gasteiger partial charge is 0.319 e. The van der Waals surface area contributed by atoms with Crippen LogP contribution in [-0.4, -0.2) is 48.0 Å². The second-order valence-electron chi connectivity index (χ2n) is 3.48. The first-order valence-corrected chi connectivity index (χ1v) is 5.06. The first-order valence-electron chi connectivity index (χ1n) is 4.65. The van der Waals surface area contributed by atoms with E-state index in [1.54, 1.807) is 23.9 Å². The summed E-state index contributed by atoms with van der Waals surface area (Å²) in [4.78, 5) is 15.3. The number of nitrogens with two attached hydrogens (primary N) is 1. The van der Waals surface area contributed by atoms with Gasteiger partial charge in [0.15, 0.2) is 0 Å². The molecule has 1 unspecified atom stereocenters. The highest BCUT2D eigenvalue weighted by Gasteiger charge is 2.16. The molecule has 82 valence electrons. The minimum atomic E-state index is -0.00407. The molecule has 0 aromatic heterocycles. The third-order valence-electron chi connectivity index (χ3n) is 2.16. The van der Waals surface area contributed by atoms with Crippen LogP contribution in [-0.2, 0) is 0 Å². The van der Waals surface area contributed by atoms with Crippen molar-refractivity contribution in [2.75, 3.05) is 27.2 Å². The Hall–Kier alpha value is -0.840. The molecule has 2 amide bonds. The van der Waals surface area contributed by atoms with Gasteiger partial charge in [0.05, 0.1) is 4.99 Å². The van der Waals surface area contributed by atoms with Crippen molar-refractivity contribution in [2.45, 2.75) is 13.8 Å². The lowest BCUT2D eigenvalue weighted by Gasteiger charge is -2.25. The molecule has 2 N–H and O–H groups in total. The van der Waals surface area contributed by atoms with Crippen molar-refractivity contribution in [3.8, 4) is 0 Å². The number of hydrogen-bond donors (Lipinski definition) is 1. The zero-order valence-electron chi connectivity index (χ0n) is 9.28. The van der Waals surface area contributed by atoms with Crippen LogP contribution in [0.2, 0.25) is 0 Å². The maximum Gasteiger partial charge on any atom is 0.319 e. The minimum absolute atomic E-state index is 0.00407. The van der Waals surface area contributed by atoms with Crippen molar-refractivity contribution in [1.29, 1.82) is 0 Å². The standard InChI is InChI=1S/C9H19N3OS/c1-5-11(3)9(13)12(4)6-7(2)8(10)14/h7H,5-6H2,1-4H3,(H2,10,14). The number of amides is 2. The molecule has 0 heterocycles. The number of urea groups is 1. The van der Waals surface area contributed by atoms with Crippen LogP contribution in [0, 0.1) is 5.92 Å². The molecule has 5 heteroatoms. The SMILES string of the molecule is CCN(C)C(=O)N(C)CC(C)C(N)=S. The van der Waals surface area contributed by atoms with Crippen LogP contribution in [0.3, 0.4) is 0 Å². The van der Waals surface area contributed by atoms with Crippen molar-refractivity contribution in [3.63, 3.8) is 0 Å². The molecular formula is C9H19N3OS. The monoisotopic (exact) mass is 217 g/mol. The average molecular weight is 217 g/mol. The molecule has 0 saturated heterocycles. The second kappa shape index (κ2) is 5.80. The van der Waals surface area contributed by atoms with Gasteiger partial charge >= 0.3 is 6.03 Å². The Bertz CT molecular complexity index is 220. The van der Waals surface area contributed by atoms with Crippen LogP contribution in [0.4, 0.5) is 4.79 Å². The Morgan fingerprint density at radius 2 is 1.93 bits per heavy atom. The summed E-state index contributed by atoms with van der Waals surface area (Å²) in [6.45, 7) is 5.12. The quantitative estimate of drug-likeness (QED) is 0.712. The number of rotatable bonds is 4. The van der Waals surface area contributed by atoms with E-state index in [1.165, 1.54) is 0 Å². The molecule has 0 fully saturated rings. The van der Waals surface area contributed by atoms with Crippen molar-refractivity contribution in [1.82, 2.24) is 9.80 Å². The summed E-state index contributed by atoms with van der Waals surface area (Å²) in [6.07, 6.45) is 0. The van der Waals surface area contributed by atoms with E-state index in [-0.39, 0.29) is 11.9 Å². The summed E-state index contributed by atoms with van der Waals surface area (Å²) in [5.74, 6) is 0.0595. The van der Waals surface area contributed by atoms with Crippen LogP contribution < -0.4 is 5.73 Å². The van der Waals surface area contributed by atoms with Gasteiger partial charge in [-0.05, 0) is 6.92 Å². The molecule has 4 nitrogen and oxygen atoms in total. The fourth-order valence-corrected chi connectivity index (χ4v) is 1.08. The third kappa shape index (κ3) is 3.91. The Kier molecular flexibility index (Phi) is 5.45. The van der Waals surface area contributed by atoms with Crippen molar-refractivity contribution < 1.29 is 4.79 Å². The topological polar surface area (TPSA) is 49.6 Å². The highest BCUT2D eigenvalue weighted by atomic mass is 32.1. The molecule has 1 atom stereocenters. The second-order valence-corrected chi connectivity index (χ2v) is 3.95. The molecule has 0 aliphatic heterocycles. The van der Waals surface area contributed by atoms with E-state index in [0.717, 1.165) is 0 Å². The Labute approximate surface area is 91.0 Å². The van der Waals surface area contributed by atoms with Crippen LogP contribution in [0.1, 0.15) is 13.8 Å². The zero-order chi connectivity index (χ0) is 11.3. The molecule has 0 radical (unpaired) electrons. The van der Waals surface area contributed by atoms with Gasteiger partial charge in [0.2, 0.25) is 0 Å². The predicted molar refractivity (Wildman–Crippen MR) is 62.3 cm³/mol. The van der Waals surface area contributed by atoms with Gasteiger partial charge in [-0.2, -0.15) is 0 Å². The van der Waals surface area contributed by atoms with Gasteiger partial charge in [-0.1, -0.05) is 19.1 Å². The Balaban J connectivity index is 4.14. The van der Waals surface area contributed by atoms with Crippen LogP contribution in [0.25, 0.3) is 0 Å². The molecule has 14 heavy (non-hydrogen) atoms. The van der Waals surface area contributed by atoms with Gasteiger partial charge in [-0.25, -0.2) is 4.79 Å². The summed E-state index contributed by atoms with van der Waals surface area (Å²) < 4.78 is 0. The number of carbonyl (C=O) groups excluding carboxylic acids is 1. The molecule has 0 aromatic carbocycles. The van der Waals surface area contributed by atoms with Crippen LogP contribution in [0.15, 0.2) is 0 Å². The molecular weight excluding hydrogens is 198 g/mol. The molecule has 0 aromatic rings. The van der Waals surface area contributed by atoms with E-state index in [2.05, 4.69) is 0 Å². The minimum Gasteiger partial charge on any atom is -0.393 e. The molecule has 0 spiro atoms. The number of thiocarbonyl (C=S) groups is 1. The fourth-order valence-electron chi connectivity index (χ4n) is 1.01. The predicted octanol–water partition coefficient (Wildman–Crippen LogP) is 0.912. The third-order valence-corrected chi connectivity index (χ3v) is 2.56. The van der Waals surface area contributed by atoms with Crippen molar-refractivity contribution in [3.05, 3.63) is 0 Å². The summed E-state index contributed by atoms with van der Waals surface area (Å²) in [6, 6.07) is -0.00407. The summed E-state index contributed by atoms with van der Waals surface area (Å²) in [7, 11) is 3.52. The van der Waals surface area contributed by atoms with Crippen molar-refractivity contribution in [2.24, 2.45) is 11.7 Å². The Morgan fingerprint density at radius 3 is 2.29 bits per heavy atom. The summed E-state index contributed by atoms with van der Waals surface area (Å²) in [5.41, 5.74) is 5.47. The number of carbonyl (C=O) groups is 1. The van der Waals surface area contributed by atoms with Crippen LogP contribution in [0.5, 0.6) is 0 Å². The maximum atomic E-state index is 11.6. The largest absolute Gasteiger partial charge is 0.393 e. The maximum absolute atomic E-state index is 11.6. The molecule has 0 aliphatic rings. The zero-order valence-corrected chi connectivity index (χ0v) is 10.1.